The molecule has 1 aromatic carbocycles. The van der Waals surface area contributed by atoms with E-state index in [9.17, 15) is 18.0 Å². The molecule has 3 N–H and O–H groups in total. The maximum atomic E-state index is 12.6. The van der Waals surface area contributed by atoms with Crippen molar-refractivity contribution in [1.82, 2.24) is 4.72 Å². The molecule has 0 aliphatic heterocycles. The van der Waals surface area contributed by atoms with Crippen molar-refractivity contribution in [3.63, 3.8) is 0 Å². The molecule has 1 aliphatic rings. The number of hydrogen-bond acceptors (Lipinski definition) is 7. The van der Waals surface area contributed by atoms with Crippen LogP contribution in [0, 0.1) is 5.92 Å². The van der Waals surface area contributed by atoms with Crippen molar-refractivity contribution in [2.24, 2.45) is 11.7 Å². The Morgan fingerprint density at radius 3 is 2.00 bits per heavy atom. The van der Waals surface area contributed by atoms with E-state index in [0.29, 0.717) is 0 Å². The summed E-state index contributed by atoms with van der Waals surface area (Å²) in [4.78, 5) is 23.3. The van der Waals surface area contributed by atoms with E-state index in [0.717, 1.165) is 39.2 Å². The molecule has 2 rings (SSSR count). The SMILES string of the molecule is COC(=O)c1cc(C(=O)OC)cc(S(=O)(=O)NC(CN)C2CC2)c1.Cl. The zero-order valence-corrected chi connectivity index (χ0v) is 15.5. The number of benzene rings is 1. The van der Waals surface area contributed by atoms with E-state index in [-0.39, 0.29) is 46.9 Å². The van der Waals surface area contributed by atoms with Gasteiger partial charge in [0.1, 0.15) is 0 Å². The Kier molecular flexibility index (Phi) is 7.36. The van der Waals surface area contributed by atoms with Gasteiger partial charge in [0.15, 0.2) is 0 Å². The van der Waals surface area contributed by atoms with Crippen molar-refractivity contribution < 1.29 is 27.5 Å². The van der Waals surface area contributed by atoms with Crippen molar-refractivity contribution in [3.8, 4) is 0 Å². The number of halogens is 1. The molecule has 0 aromatic heterocycles. The predicted octanol–water partition coefficient (Wildman–Crippen LogP) is 0.697. The molecule has 25 heavy (non-hydrogen) atoms. The molecule has 0 bridgehead atoms. The number of methoxy groups -OCH3 is 2. The Balaban J connectivity index is 0.00000312. The minimum atomic E-state index is -3.95. The van der Waals surface area contributed by atoms with Crippen LogP contribution < -0.4 is 10.5 Å². The highest BCUT2D eigenvalue weighted by atomic mass is 35.5. The number of esters is 2. The molecule has 1 fully saturated rings. The summed E-state index contributed by atoms with van der Waals surface area (Å²) in [5, 5.41) is 0. The van der Waals surface area contributed by atoms with Gasteiger partial charge in [0, 0.05) is 12.6 Å². The van der Waals surface area contributed by atoms with Gasteiger partial charge in [-0.15, -0.1) is 12.4 Å². The Labute approximate surface area is 152 Å². The van der Waals surface area contributed by atoms with Gasteiger partial charge in [0.2, 0.25) is 10.0 Å². The van der Waals surface area contributed by atoms with Crippen LogP contribution >= 0.6 is 12.4 Å². The smallest absolute Gasteiger partial charge is 0.337 e. The molecular weight excluding hydrogens is 372 g/mol. The summed E-state index contributed by atoms with van der Waals surface area (Å²) in [5.74, 6) is -1.29. The zero-order chi connectivity index (χ0) is 17.9. The molecule has 1 aliphatic carbocycles. The van der Waals surface area contributed by atoms with Crippen LogP contribution in [-0.4, -0.2) is 47.2 Å². The van der Waals surface area contributed by atoms with Gasteiger partial charge in [-0.3, -0.25) is 0 Å². The van der Waals surface area contributed by atoms with Crippen LogP contribution in [0.5, 0.6) is 0 Å². The molecule has 8 nitrogen and oxygen atoms in total. The first-order valence-corrected chi connectivity index (χ1v) is 8.84. The first-order valence-electron chi connectivity index (χ1n) is 7.36. The van der Waals surface area contributed by atoms with Crippen molar-refractivity contribution >= 4 is 34.4 Å². The summed E-state index contributed by atoms with van der Waals surface area (Å²) in [6.07, 6.45) is 1.83. The first kappa shape index (κ1) is 21.4. The Hall–Kier alpha value is -1.68. The first-order chi connectivity index (χ1) is 11.3. The van der Waals surface area contributed by atoms with Gasteiger partial charge in [0.05, 0.1) is 30.2 Å². The number of hydrogen-bond donors (Lipinski definition) is 2. The van der Waals surface area contributed by atoms with E-state index < -0.39 is 22.0 Å². The predicted molar refractivity (Wildman–Crippen MR) is 92.3 cm³/mol. The highest BCUT2D eigenvalue weighted by molar-refractivity contribution is 7.89. The van der Waals surface area contributed by atoms with Crippen LogP contribution in [0.4, 0.5) is 0 Å². The third kappa shape index (κ3) is 5.15. The van der Waals surface area contributed by atoms with Crippen molar-refractivity contribution in [2.75, 3.05) is 20.8 Å². The summed E-state index contributed by atoms with van der Waals surface area (Å²) in [6, 6.07) is 3.15. The number of rotatable bonds is 7. The number of sulfonamides is 1. The second-order valence-electron chi connectivity index (χ2n) is 5.53. The lowest BCUT2D eigenvalue weighted by Gasteiger charge is -2.17. The molecule has 0 spiro atoms. The lowest BCUT2D eigenvalue weighted by Crippen LogP contribution is -2.41. The van der Waals surface area contributed by atoms with Crippen LogP contribution in [0.25, 0.3) is 0 Å². The van der Waals surface area contributed by atoms with Crippen LogP contribution in [-0.2, 0) is 19.5 Å². The van der Waals surface area contributed by atoms with Gasteiger partial charge in [-0.2, -0.15) is 0 Å². The molecule has 0 amide bonds. The highest BCUT2D eigenvalue weighted by Crippen LogP contribution is 2.33. The molecule has 0 saturated heterocycles. The second-order valence-corrected chi connectivity index (χ2v) is 7.24. The lowest BCUT2D eigenvalue weighted by atomic mass is 10.1. The summed E-state index contributed by atoms with van der Waals surface area (Å²) >= 11 is 0. The van der Waals surface area contributed by atoms with E-state index in [1.54, 1.807) is 0 Å². The minimum absolute atomic E-state index is 0. The van der Waals surface area contributed by atoms with Gasteiger partial charge in [-0.25, -0.2) is 22.7 Å². The Morgan fingerprint density at radius 2 is 1.64 bits per heavy atom. The summed E-state index contributed by atoms with van der Waals surface area (Å²) in [6.45, 7) is 0.171. The fourth-order valence-corrected chi connectivity index (χ4v) is 3.72. The molecule has 1 unspecified atom stereocenters. The average molecular weight is 393 g/mol. The van der Waals surface area contributed by atoms with Crippen molar-refractivity contribution in [2.45, 2.75) is 23.8 Å². The Bertz CT molecular complexity index is 714. The van der Waals surface area contributed by atoms with Crippen LogP contribution in [0.3, 0.4) is 0 Å². The Morgan fingerprint density at radius 1 is 1.16 bits per heavy atom. The van der Waals surface area contributed by atoms with E-state index in [1.807, 2.05) is 0 Å². The number of nitrogens with two attached hydrogens (primary N) is 1. The highest BCUT2D eigenvalue weighted by Gasteiger charge is 2.34. The molecule has 140 valence electrons. The van der Waals surface area contributed by atoms with E-state index in [2.05, 4.69) is 14.2 Å². The number of carbonyl (C=O) groups is 2. The normalized spacial score (nSPS) is 15.0. The third-order valence-corrected chi connectivity index (χ3v) is 5.28. The monoisotopic (exact) mass is 392 g/mol. The van der Waals surface area contributed by atoms with E-state index in [4.69, 9.17) is 5.73 Å². The molecular formula is C15H21ClN2O6S. The number of ether oxygens (including phenoxy) is 2. The topological polar surface area (TPSA) is 125 Å². The van der Waals surface area contributed by atoms with Gasteiger partial charge < -0.3 is 15.2 Å². The molecule has 10 heteroatoms. The molecule has 1 atom stereocenters. The molecule has 0 heterocycles. The van der Waals surface area contributed by atoms with E-state index >= 15 is 0 Å². The molecule has 1 aromatic rings. The number of nitrogens with one attached hydrogen (secondary N) is 1. The molecule has 1 saturated carbocycles. The van der Waals surface area contributed by atoms with Crippen molar-refractivity contribution in [1.29, 1.82) is 0 Å². The van der Waals surface area contributed by atoms with Crippen LogP contribution in [0.2, 0.25) is 0 Å². The number of carbonyl (C=O) groups excluding carboxylic acids is 2. The van der Waals surface area contributed by atoms with Gasteiger partial charge in [0.25, 0.3) is 0 Å². The fraction of sp³-hybridized carbons (Fsp3) is 0.467. The minimum Gasteiger partial charge on any atom is -0.465 e. The quantitative estimate of drug-likeness (QED) is 0.654. The maximum absolute atomic E-state index is 12.6. The largest absolute Gasteiger partial charge is 0.465 e. The van der Waals surface area contributed by atoms with E-state index in [1.165, 1.54) is 6.07 Å². The van der Waals surface area contributed by atoms with Crippen LogP contribution in [0.1, 0.15) is 33.6 Å². The maximum Gasteiger partial charge on any atom is 0.337 e. The molecule has 0 radical (unpaired) electrons. The average Bonchev–Trinajstić information content (AvgIpc) is 3.42. The third-order valence-electron chi connectivity index (χ3n) is 3.81. The zero-order valence-electron chi connectivity index (χ0n) is 13.9. The van der Waals surface area contributed by atoms with Crippen molar-refractivity contribution in [3.05, 3.63) is 29.3 Å². The lowest BCUT2D eigenvalue weighted by molar-refractivity contribution is 0.0598. The summed E-state index contributed by atoms with van der Waals surface area (Å²) in [5.41, 5.74) is 5.51. The summed E-state index contributed by atoms with van der Waals surface area (Å²) in [7, 11) is -1.62. The summed E-state index contributed by atoms with van der Waals surface area (Å²) < 4.78 is 36.9. The second kappa shape index (κ2) is 8.61. The fourth-order valence-electron chi connectivity index (χ4n) is 2.33. The standard InChI is InChI=1S/C15H20N2O6S.ClH/c1-22-14(18)10-5-11(15(19)23-2)7-12(6-10)24(20,21)17-13(8-16)9-3-4-9;/h5-7,9,13,17H,3-4,8,16H2,1-2H3;1H. The van der Waals surface area contributed by atoms with Crippen LogP contribution in [0.15, 0.2) is 23.1 Å². The van der Waals surface area contributed by atoms with Gasteiger partial charge >= 0.3 is 11.9 Å². The van der Waals surface area contributed by atoms with Gasteiger partial charge in [-0.1, -0.05) is 0 Å². The van der Waals surface area contributed by atoms with Gasteiger partial charge in [-0.05, 0) is 37.0 Å².